The largest absolute Gasteiger partial charge is 0.506 e. The van der Waals surface area contributed by atoms with E-state index in [1.807, 2.05) is 43.4 Å². The highest BCUT2D eigenvalue weighted by Crippen LogP contribution is 2.34. The Morgan fingerprint density at radius 3 is 2.51 bits per heavy atom. The van der Waals surface area contributed by atoms with Gasteiger partial charge in [-0.2, -0.15) is 5.10 Å². The summed E-state index contributed by atoms with van der Waals surface area (Å²) < 4.78 is 7.74. The normalized spacial score (nSPS) is 12.5. The number of hydrogen-bond donors (Lipinski definition) is 6. The number of allylic oxidation sites excluding steroid dienone is 1. The first-order valence-corrected chi connectivity index (χ1v) is 15.7. The van der Waals surface area contributed by atoms with Crippen molar-refractivity contribution in [2.75, 3.05) is 39.0 Å². The molecule has 0 fully saturated rings. The van der Waals surface area contributed by atoms with E-state index in [0.29, 0.717) is 41.9 Å². The summed E-state index contributed by atoms with van der Waals surface area (Å²) >= 11 is 0. The van der Waals surface area contributed by atoms with E-state index >= 15 is 0 Å². The molecule has 1 aromatic heterocycles. The smallest absolute Gasteiger partial charge is 0.271 e. The topological polar surface area (TPSA) is 150 Å². The maximum absolute atomic E-state index is 12.8. The van der Waals surface area contributed by atoms with Gasteiger partial charge in [-0.15, -0.1) is 0 Å². The highest BCUT2D eigenvalue weighted by Gasteiger charge is 2.17. The van der Waals surface area contributed by atoms with Gasteiger partial charge in [0.05, 0.1) is 23.5 Å². The van der Waals surface area contributed by atoms with Crippen LogP contribution in [0.2, 0.25) is 0 Å². The number of aromatic nitrogens is 2. The molecule has 0 radical (unpaired) electrons. The van der Waals surface area contributed by atoms with E-state index in [2.05, 4.69) is 44.6 Å². The van der Waals surface area contributed by atoms with Gasteiger partial charge in [0.25, 0.3) is 5.91 Å². The van der Waals surface area contributed by atoms with Gasteiger partial charge < -0.3 is 36.2 Å². The van der Waals surface area contributed by atoms with E-state index in [1.54, 1.807) is 37.0 Å². The van der Waals surface area contributed by atoms with Crippen LogP contribution < -0.4 is 26.0 Å². The third-order valence-corrected chi connectivity index (χ3v) is 7.82. The second-order valence-corrected chi connectivity index (χ2v) is 11.0. The number of phenols is 1. The highest BCUT2D eigenvalue weighted by molar-refractivity contribution is 5.92. The minimum Gasteiger partial charge on any atom is -0.506 e. The number of amides is 1. The van der Waals surface area contributed by atoms with Gasteiger partial charge in [0.1, 0.15) is 24.4 Å². The summed E-state index contributed by atoms with van der Waals surface area (Å²) in [6.45, 7) is 1.67. The van der Waals surface area contributed by atoms with Gasteiger partial charge in [0.2, 0.25) is 0 Å². The van der Waals surface area contributed by atoms with E-state index in [9.17, 15) is 19.8 Å². The number of aliphatic hydroxyl groups excluding tert-OH is 1. The fourth-order valence-corrected chi connectivity index (χ4v) is 5.37. The van der Waals surface area contributed by atoms with Crippen LogP contribution in [0.3, 0.4) is 0 Å². The van der Waals surface area contributed by atoms with Gasteiger partial charge in [0.15, 0.2) is 5.69 Å². The number of aromatic hydroxyl groups is 1. The zero-order chi connectivity index (χ0) is 33.6. The first-order chi connectivity index (χ1) is 22.9. The summed E-state index contributed by atoms with van der Waals surface area (Å²) in [5, 5.41) is 37.7. The molecule has 2 unspecified atom stereocenters. The molecule has 4 aromatic rings. The molecule has 0 saturated carbocycles. The Kier molecular flexibility index (Phi) is 13.1. The molecule has 1 heterocycles. The Labute approximate surface area is 275 Å². The van der Waals surface area contributed by atoms with Crippen LogP contribution in [0, 0.1) is 0 Å². The number of carbonyl (C=O) groups excluding carboxylic acids is 2. The number of aryl methyl sites for hydroxylation is 1. The number of anilines is 1. The van der Waals surface area contributed by atoms with E-state index in [-0.39, 0.29) is 30.9 Å². The predicted octanol–water partition coefficient (Wildman–Crippen LogP) is 4.10. The predicted molar refractivity (Wildman–Crippen MR) is 183 cm³/mol. The van der Waals surface area contributed by atoms with Gasteiger partial charge in [-0.1, -0.05) is 48.5 Å². The molecular formula is C36H44N6O5. The molecule has 11 heteroatoms. The Hall–Kier alpha value is -4.97. The molecule has 1 amide bonds. The summed E-state index contributed by atoms with van der Waals surface area (Å²) in [5.41, 5.74) is 4.94. The van der Waals surface area contributed by atoms with E-state index in [4.69, 9.17) is 4.74 Å². The SMILES string of the molecule is CNc1c(O)ccc(C(O)CNCCCCNC(=O)c2cc(COc3cccc(C(NC)c4ccccc4)c3)n(C)n2)c1/C=C\C=O. The maximum Gasteiger partial charge on any atom is 0.271 e. The molecule has 0 bridgehead atoms. The number of carbonyl (C=O) groups is 2. The Morgan fingerprint density at radius 2 is 1.77 bits per heavy atom. The number of rotatable bonds is 18. The molecule has 11 nitrogen and oxygen atoms in total. The lowest BCUT2D eigenvalue weighted by Gasteiger charge is -2.18. The third kappa shape index (κ3) is 9.52. The van der Waals surface area contributed by atoms with E-state index < -0.39 is 6.10 Å². The van der Waals surface area contributed by atoms with Crippen LogP contribution in [0.4, 0.5) is 5.69 Å². The summed E-state index contributed by atoms with van der Waals surface area (Å²) in [7, 11) is 5.39. The van der Waals surface area contributed by atoms with Crippen LogP contribution in [-0.2, 0) is 18.4 Å². The van der Waals surface area contributed by atoms with Crippen LogP contribution in [0.15, 0.2) is 78.9 Å². The van der Waals surface area contributed by atoms with Gasteiger partial charge in [-0.3, -0.25) is 14.3 Å². The number of benzene rings is 3. The summed E-state index contributed by atoms with van der Waals surface area (Å²) in [6.07, 6.45) is 4.19. The molecule has 0 aliphatic rings. The quantitative estimate of drug-likeness (QED) is 0.0409. The maximum atomic E-state index is 12.8. The van der Waals surface area contributed by atoms with Crippen LogP contribution in [0.5, 0.6) is 11.5 Å². The lowest BCUT2D eigenvalue weighted by molar-refractivity contribution is -0.104. The summed E-state index contributed by atoms with van der Waals surface area (Å²) in [4.78, 5) is 23.6. The molecule has 4 rings (SSSR count). The Balaban J connectivity index is 1.20. The van der Waals surface area contributed by atoms with Crippen molar-refractivity contribution < 1.29 is 24.5 Å². The number of aldehydes is 1. The number of aliphatic hydroxyl groups is 1. The van der Waals surface area contributed by atoms with Crippen molar-refractivity contribution in [3.63, 3.8) is 0 Å². The molecule has 0 aliphatic heterocycles. The van der Waals surface area contributed by atoms with Crippen molar-refractivity contribution in [2.24, 2.45) is 7.05 Å². The van der Waals surface area contributed by atoms with Crippen LogP contribution >= 0.6 is 0 Å². The van der Waals surface area contributed by atoms with Gasteiger partial charge in [-0.05, 0) is 79.5 Å². The zero-order valence-electron chi connectivity index (χ0n) is 27.1. The second-order valence-electron chi connectivity index (χ2n) is 11.0. The molecule has 0 spiro atoms. The molecule has 3 aromatic carbocycles. The van der Waals surface area contributed by atoms with Crippen LogP contribution in [0.1, 0.15) is 63.4 Å². The Bertz CT molecular complexity index is 1640. The third-order valence-electron chi connectivity index (χ3n) is 7.82. The first-order valence-electron chi connectivity index (χ1n) is 15.7. The number of nitrogens with zero attached hydrogens (tertiary/aromatic N) is 2. The van der Waals surface area contributed by atoms with Gasteiger partial charge >= 0.3 is 0 Å². The van der Waals surface area contributed by atoms with Crippen molar-refractivity contribution in [1.82, 2.24) is 25.7 Å². The lowest BCUT2D eigenvalue weighted by Crippen LogP contribution is -2.27. The van der Waals surface area contributed by atoms with Crippen molar-refractivity contribution >= 4 is 24.0 Å². The van der Waals surface area contributed by atoms with Crippen molar-refractivity contribution in [3.05, 3.63) is 113 Å². The summed E-state index contributed by atoms with van der Waals surface area (Å²) in [5.74, 6) is 0.510. The Morgan fingerprint density at radius 1 is 1.00 bits per heavy atom. The molecule has 47 heavy (non-hydrogen) atoms. The molecule has 2 atom stereocenters. The average molecular weight is 641 g/mol. The number of unbranched alkanes of at least 4 members (excludes halogenated alkanes) is 1. The van der Waals surface area contributed by atoms with Crippen molar-refractivity contribution in [3.8, 4) is 11.5 Å². The minimum absolute atomic E-state index is 0.0303. The van der Waals surface area contributed by atoms with E-state index in [1.165, 1.54) is 12.1 Å². The van der Waals surface area contributed by atoms with Crippen molar-refractivity contribution in [1.29, 1.82) is 0 Å². The number of phenolic OH excluding ortho intramolecular Hbond substituents is 1. The number of ether oxygens (including phenoxy) is 1. The van der Waals surface area contributed by atoms with Crippen molar-refractivity contribution in [2.45, 2.75) is 31.6 Å². The molecule has 0 saturated heterocycles. The lowest BCUT2D eigenvalue weighted by atomic mass is 9.99. The van der Waals surface area contributed by atoms with E-state index in [0.717, 1.165) is 35.4 Å². The van der Waals surface area contributed by atoms with Gasteiger partial charge in [-0.25, -0.2) is 0 Å². The van der Waals surface area contributed by atoms with Crippen LogP contribution in [-0.4, -0.2) is 65.9 Å². The standard InChI is InChI=1S/C36H44N6O5/c1-37-34(25-11-5-4-6-12-25)26-13-9-14-28(21-26)47-24-27-22-31(41-42(27)3)36(46)40-19-8-7-18-39-23-33(45)29-16-17-32(44)35(38-2)30(29)15-10-20-43/h4-6,9-17,20-22,33-34,37-39,44-45H,7-8,18-19,23-24H2,1-3H3,(H,40,46)/b15-10-. The molecular weight excluding hydrogens is 596 g/mol. The van der Waals surface area contributed by atoms with Crippen LogP contribution in [0.25, 0.3) is 6.08 Å². The number of hydrogen-bond acceptors (Lipinski definition) is 9. The minimum atomic E-state index is -0.848. The second kappa shape index (κ2) is 17.7. The monoisotopic (exact) mass is 640 g/mol. The average Bonchev–Trinajstić information content (AvgIpc) is 3.47. The fraction of sp³-hybridized carbons (Fsp3) is 0.306. The van der Waals surface area contributed by atoms with Gasteiger partial charge in [0, 0.05) is 32.7 Å². The summed E-state index contributed by atoms with van der Waals surface area (Å²) in [6, 6.07) is 23.1. The molecule has 0 aliphatic carbocycles. The first kappa shape index (κ1) is 34.9. The zero-order valence-corrected chi connectivity index (χ0v) is 27.1. The molecule has 6 N–H and O–H groups in total. The molecule has 248 valence electrons. The number of nitrogens with one attached hydrogen (secondary N) is 4. The highest BCUT2D eigenvalue weighted by atomic mass is 16.5. The fourth-order valence-electron chi connectivity index (χ4n) is 5.37.